The standard InChI is InChI=1S/C18H20FN5O2S/c1-4-9-22(17-12(2)11-27-13(17)3)16(25)10-23-18(26)24(21-20-23)15-8-6-5-7-14(15)19/h5-8,11H,4,9-10H2,1-3H3. The van der Waals surface area contributed by atoms with E-state index in [4.69, 9.17) is 0 Å². The van der Waals surface area contributed by atoms with Crippen molar-refractivity contribution in [1.82, 2.24) is 19.8 Å². The summed E-state index contributed by atoms with van der Waals surface area (Å²) in [5.74, 6) is -0.848. The number of halogens is 1. The van der Waals surface area contributed by atoms with Crippen LogP contribution in [0.5, 0.6) is 0 Å². The van der Waals surface area contributed by atoms with E-state index in [1.807, 2.05) is 26.2 Å². The number of rotatable bonds is 6. The molecule has 0 spiro atoms. The van der Waals surface area contributed by atoms with Gasteiger partial charge >= 0.3 is 5.69 Å². The topological polar surface area (TPSA) is 73.0 Å². The number of amides is 1. The van der Waals surface area contributed by atoms with Gasteiger partial charge in [0.2, 0.25) is 5.91 Å². The number of hydrogen-bond acceptors (Lipinski definition) is 5. The lowest BCUT2D eigenvalue weighted by molar-refractivity contribution is -0.119. The zero-order valence-corrected chi connectivity index (χ0v) is 16.2. The summed E-state index contributed by atoms with van der Waals surface area (Å²) in [6.45, 7) is 6.17. The molecule has 0 unspecified atom stereocenters. The van der Waals surface area contributed by atoms with Crippen LogP contribution in [0.3, 0.4) is 0 Å². The van der Waals surface area contributed by atoms with Gasteiger partial charge in [0.15, 0.2) is 0 Å². The molecule has 1 amide bonds. The van der Waals surface area contributed by atoms with Gasteiger partial charge in [-0.3, -0.25) is 4.79 Å². The first-order valence-corrected chi connectivity index (χ1v) is 9.44. The summed E-state index contributed by atoms with van der Waals surface area (Å²) in [7, 11) is 0. The molecule has 0 aliphatic carbocycles. The van der Waals surface area contributed by atoms with Crippen molar-refractivity contribution in [2.75, 3.05) is 11.4 Å². The van der Waals surface area contributed by atoms with Gasteiger partial charge in [0.25, 0.3) is 0 Å². The zero-order valence-electron chi connectivity index (χ0n) is 15.3. The second-order valence-electron chi connectivity index (χ2n) is 6.15. The van der Waals surface area contributed by atoms with E-state index in [1.165, 1.54) is 18.2 Å². The number of carbonyl (C=O) groups is 1. The normalized spacial score (nSPS) is 11.0. The summed E-state index contributed by atoms with van der Waals surface area (Å²) >= 11 is 1.58. The van der Waals surface area contributed by atoms with Crippen molar-refractivity contribution in [3.05, 3.63) is 56.4 Å². The van der Waals surface area contributed by atoms with Crippen LogP contribution in [0, 0.1) is 19.7 Å². The summed E-state index contributed by atoms with van der Waals surface area (Å²) in [5, 5.41) is 9.46. The fraction of sp³-hybridized carbons (Fsp3) is 0.333. The number of aryl methyl sites for hydroxylation is 2. The van der Waals surface area contributed by atoms with Crippen LogP contribution in [0.4, 0.5) is 10.1 Å². The SMILES string of the molecule is CCCN(C(=O)Cn1nnn(-c2ccccc2F)c1=O)c1c(C)csc1C. The minimum absolute atomic E-state index is 0.00358. The van der Waals surface area contributed by atoms with E-state index in [-0.39, 0.29) is 18.1 Å². The molecule has 0 saturated heterocycles. The average Bonchev–Trinajstić information content (AvgIpc) is 3.16. The fourth-order valence-corrected chi connectivity index (χ4v) is 3.76. The minimum Gasteiger partial charge on any atom is -0.309 e. The highest BCUT2D eigenvalue weighted by atomic mass is 32.1. The Bertz CT molecular complexity index is 1000. The Morgan fingerprint density at radius 2 is 2.00 bits per heavy atom. The lowest BCUT2D eigenvalue weighted by Crippen LogP contribution is -2.38. The van der Waals surface area contributed by atoms with E-state index in [0.29, 0.717) is 6.54 Å². The molecule has 0 saturated carbocycles. The molecule has 0 aliphatic heterocycles. The van der Waals surface area contributed by atoms with E-state index < -0.39 is 11.5 Å². The van der Waals surface area contributed by atoms with E-state index in [2.05, 4.69) is 10.4 Å². The van der Waals surface area contributed by atoms with Crippen molar-refractivity contribution in [2.24, 2.45) is 0 Å². The van der Waals surface area contributed by atoms with Gasteiger partial charge in [-0.25, -0.2) is 9.18 Å². The number of hydrogen-bond donors (Lipinski definition) is 0. The fourth-order valence-electron chi connectivity index (χ4n) is 2.92. The lowest BCUT2D eigenvalue weighted by atomic mass is 10.2. The Balaban J connectivity index is 1.90. The molecule has 0 N–H and O–H groups in total. The van der Waals surface area contributed by atoms with Gasteiger partial charge in [0.05, 0.1) is 5.69 Å². The van der Waals surface area contributed by atoms with Crippen LogP contribution in [0.2, 0.25) is 0 Å². The first kappa shape index (κ1) is 19.0. The Morgan fingerprint density at radius 1 is 1.26 bits per heavy atom. The summed E-state index contributed by atoms with van der Waals surface area (Å²) in [4.78, 5) is 28.1. The maximum Gasteiger partial charge on any atom is 0.369 e. The molecular weight excluding hydrogens is 369 g/mol. The second-order valence-corrected chi connectivity index (χ2v) is 7.23. The maximum absolute atomic E-state index is 13.9. The molecule has 7 nitrogen and oxygen atoms in total. The lowest BCUT2D eigenvalue weighted by Gasteiger charge is -2.23. The van der Waals surface area contributed by atoms with Crippen molar-refractivity contribution in [1.29, 1.82) is 0 Å². The molecule has 2 aromatic heterocycles. The van der Waals surface area contributed by atoms with Crippen molar-refractivity contribution in [3.63, 3.8) is 0 Å². The van der Waals surface area contributed by atoms with Crippen LogP contribution in [0.15, 0.2) is 34.4 Å². The van der Waals surface area contributed by atoms with Crippen LogP contribution in [0.1, 0.15) is 23.8 Å². The molecular formula is C18H20FN5O2S. The van der Waals surface area contributed by atoms with Gasteiger partial charge in [-0.1, -0.05) is 19.1 Å². The van der Waals surface area contributed by atoms with Crippen molar-refractivity contribution in [2.45, 2.75) is 33.7 Å². The number of aromatic nitrogens is 4. The third kappa shape index (κ3) is 3.68. The number of para-hydroxylation sites is 1. The van der Waals surface area contributed by atoms with E-state index >= 15 is 0 Å². The molecule has 9 heteroatoms. The molecule has 2 heterocycles. The van der Waals surface area contributed by atoms with Crippen LogP contribution < -0.4 is 10.6 Å². The Hall–Kier alpha value is -2.81. The largest absolute Gasteiger partial charge is 0.369 e. The number of benzene rings is 1. The van der Waals surface area contributed by atoms with Crippen LogP contribution in [-0.4, -0.2) is 32.2 Å². The van der Waals surface area contributed by atoms with Gasteiger partial charge in [-0.05, 0) is 53.8 Å². The van der Waals surface area contributed by atoms with E-state index in [0.717, 1.165) is 31.9 Å². The number of tetrazole rings is 1. The molecule has 27 heavy (non-hydrogen) atoms. The smallest absolute Gasteiger partial charge is 0.309 e. The Morgan fingerprint density at radius 3 is 2.63 bits per heavy atom. The van der Waals surface area contributed by atoms with Crippen LogP contribution in [0.25, 0.3) is 5.69 Å². The van der Waals surface area contributed by atoms with Gasteiger partial charge < -0.3 is 4.90 Å². The first-order valence-electron chi connectivity index (χ1n) is 8.56. The predicted octanol–water partition coefficient (Wildman–Crippen LogP) is 2.69. The summed E-state index contributed by atoms with van der Waals surface area (Å²) in [6, 6.07) is 5.78. The van der Waals surface area contributed by atoms with Crippen molar-refractivity contribution in [3.8, 4) is 5.69 Å². The Kier molecular flexibility index (Phi) is 5.50. The molecule has 0 aliphatic rings. The summed E-state index contributed by atoms with van der Waals surface area (Å²) in [5.41, 5.74) is 1.22. The van der Waals surface area contributed by atoms with Gasteiger partial charge in [-0.2, -0.15) is 9.36 Å². The molecule has 0 radical (unpaired) electrons. The third-order valence-electron chi connectivity index (χ3n) is 4.14. The van der Waals surface area contributed by atoms with Crippen molar-refractivity contribution < 1.29 is 9.18 Å². The highest BCUT2D eigenvalue weighted by Gasteiger charge is 2.22. The van der Waals surface area contributed by atoms with Gasteiger partial charge in [-0.15, -0.1) is 11.3 Å². The van der Waals surface area contributed by atoms with Gasteiger partial charge in [0.1, 0.15) is 18.0 Å². The molecule has 0 fully saturated rings. The zero-order chi connectivity index (χ0) is 19.6. The summed E-state index contributed by atoms with van der Waals surface area (Å²) < 4.78 is 15.7. The monoisotopic (exact) mass is 389 g/mol. The predicted molar refractivity (Wildman–Crippen MR) is 102 cm³/mol. The first-order chi connectivity index (χ1) is 12.9. The Labute approximate surface area is 159 Å². The second kappa shape index (κ2) is 7.83. The average molecular weight is 389 g/mol. The van der Waals surface area contributed by atoms with E-state index in [9.17, 15) is 14.0 Å². The number of nitrogens with zero attached hydrogens (tertiary/aromatic N) is 5. The molecule has 1 aromatic carbocycles. The third-order valence-corrected chi connectivity index (χ3v) is 5.16. The number of anilines is 1. The number of thiophene rings is 1. The van der Waals surface area contributed by atoms with Gasteiger partial charge in [0, 0.05) is 11.4 Å². The maximum atomic E-state index is 13.9. The van der Waals surface area contributed by atoms with Crippen molar-refractivity contribution >= 4 is 22.9 Å². The molecule has 3 rings (SSSR count). The molecule has 0 bridgehead atoms. The highest BCUT2D eigenvalue weighted by Crippen LogP contribution is 2.30. The quantitative estimate of drug-likeness (QED) is 0.650. The molecule has 0 atom stereocenters. The number of carbonyl (C=O) groups excluding carboxylic acids is 1. The van der Waals surface area contributed by atoms with Crippen LogP contribution in [-0.2, 0) is 11.3 Å². The highest BCUT2D eigenvalue weighted by molar-refractivity contribution is 7.10. The summed E-state index contributed by atoms with van der Waals surface area (Å²) in [6.07, 6.45) is 0.775. The molecule has 3 aromatic rings. The van der Waals surface area contributed by atoms with Crippen LogP contribution >= 0.6 is 11.3 Å². The minimum atomic E-state index is -0.663. The molecule has 142 valence electrons. The van der Waals surface area contributed by atoms with E-state index in [1.54, 1.807) is 22.3 Å².